The van der Waals surface area contributed by atoms with E-state index in [2.05, 4.69) is 11.1 Å². The monoisotopic (exact) mass is 480 g/mol. The molecule has 0 atom stereocenters. The number of hydrogen-bond donors (Lipinski definition) is 0. The molecule has 2 N–H and O–H groups in total. The number of hydrogen-bond acceptors (Lipinski definition) is 4. The molecule has 0 aliphatic carbocycles. The smallest absolute Gasteiger partial charge is 0.412 e. The predicted molar refractivity (Wildman–Crippen MR) is 125 cm³/mol. The van der Waals surface area contributed by atoms with Crippen molar-refractivity contribution in [2.24, 2.45) is 0 Å². The molecule has 6 nitrogen and oxygen atoms in total. The molecule has 5 rings (SSSR count). The zero-order chi connectivity index (χ0) is 21.6. The lowest BCUT2D eigenvalue weighted by molar-refractivity contribution is -0.137. The highest BCUT2D eigenvalue weighted by Crippen LogP contribution is 2.32. The summed E-state index contributed by atoms with van der Waals surface area (Å²) in [6.45, 7) is 3.25. The van der Waals surface area contributed by atoms with Crippen molar-refractivity contribution in [1.29, 1.82) is 0 Å². The van der Waals surface area contributed by atoms with Gasteiger partial charge in [0.1, 0.15) is 5.82 Å². The highest BCUT2D eigenvalue weighted by molar-refractivity contribution is 5.85. The highest BCUT2D eigenvalue weighted by atomic mass is 35.5. The quantitative estimate of drug-likeness (QED) is 0.562. The lowest BCUT2D eigenvalue weighted by Crippen LogP contribution is -2.44. The van der Waals surface area contributed by atoms with E-state index in [1.807, 2.05) is 23.1 Å². The molecular formula is C23H24ClF3N4O2. The number of allylic oxidation sites excluding steroid dienone is 1. The molecule has 3 heterocycles. The molecule has 1 saturated heterocycles. The number of rotatable bonds is 2. The first-order chi connectivity index (χ1) is 14.9. The van der Waals surface area contributed by atoms with Crippen LogP contribution >= 0.6 is 12.4 Å². The minimum atomic E-state index is -4.34. The summed E-state index contributed by atoms with van der Waals surface area (Å²) < 4.78 is 40.7. The molecule has 2 aliphatic rings. The molecule has 2 aromatic carbocycles. The van der Waals surface area contributed by atoms with Crippen molar-refractivity contribution >= 4 is 34.6 Å². The molecule has 0 bridgehead atoms. The number of alkyl halides is 3. The summed E-state index contributed by atoms with van der Waals surface area (Å²) in [6, 6.07) is 12.8. The SMILES string of the molecule is Cl.O.O=c1c2ccccc2nc2n1CC/C2=C/N1CCN(c2cccc(C(F)(F)F)c2)CC1. The maximum atomic E-state index is 13.0. The molecule has 1 fully saturated rings. The van der Waals surface area contributed by atoms with Crippen LogP contribution < -0.4 is 10.5 Å². The number of halogens is 4. The molecule has 0 unspecified atom stereocenters. The number of benzene rings is 2. The Bertz CT molecular complexity index is 1230. The molecule has 0 amide bonds. The standard InChI is InChI=1S/C23H21F3N4O.ClH.H2O/c24-23(25,26)17-4-3-5-18(14-17)29-12-10-28(11-13-29)15-16-8-9-30-21(16)27-20-7-2-1-6-19(20)22(30)31;;/h1-7,14-15H,8-13H2;1H;1H2/b16-15-;;. The second-order valence-electron chi connectivity index (χ2n) is 7.88. The van der Waals surface area contributed by atoms with E-state index in [9.17, 15) is 18.0 Å². The fourth-order valence-corrected chi connectivity index (χ4v) is 4.30. The molecule has 33 heavy (non-hydrogen) atoms. The first kappa shape index (κ1) is 24.6. The van der Waals surface area contributed by atoms with Gasteiger partial charge in [0.2, 0.25) is 0 Å². The van der Waals surface area contributed by atoms with E-state index in [-0.39, 0.29) is 23.4 Å². The Morgan fingerprint density at radius 3 is 2.39 bits per heavy atom. The molecule has 2 aliphatic heterocycles. The van der Waals surface area contributed by atoms with E-state index in [1.54, 1.807) is 16.7 Å². The van der Waals surface area contributed by atoms with Gasteiger partial charge in [0.25, 0.3) is 5.56 Å². The van der Waals surface area contributed by atoms with Gasteiger partial charge in [-0.15, -0.1) is 12.4 Å². The van der Waals surface area contributed by atoms with Gasteiger partial charge in [0, 0.05) is 50.2 Å². The van der Waals surface area contributed by atoms with Gasteiger partial charge in [-0.3, -0.25) is 9.36 Å². The Balaban J connectivity index is 0.00000153. The first-order valence-electron chi connectivity index (χ1n) is 10.3. The minimum absolute atomic E-state index is 0. The zero-order valence-electron chi connectivity index (χ0n) is 17.7. The van der Waals surface area contributed by atoms with Crippen LogP contribution in [-0.2, 0) is 12.7 Å². The van der Waals surface area contributed by atoms with E-state index >= 15 is 0 Å². The van der Waals surface area contributed by atoms with Gasteiger partial charge >= 0.3 is 6.18 Å². The topological polar surface area (TPSA) is 72.9 Å². The summed E-state index contributed by atoms with van der Waals surface area (Å²) >= 11 is 0. The lowest BCUT2D eigenvalue weighted by Gasteiger charge is -2.36. The Morgan fingerprint density at radius 1 is 0.939 bits per heavy atom. The van der Waals surface area contributed by atoms with Crippen molar-refractivity contribution in [3.05, 3.63) is 76.5 Å². The third-order valence-corrected chi connectivity index (χ3v) is 5.94. The Labute approximate surface area is 194 Å². The van der Waals surface area contributed by atoms with E-state index < -0.39 is 11.7 Å². The predicted octanol–water partition coefficient (Wildman–Crippen LogP) is 3.58. The minimum Gasteiger partial charge on any atom is -0.412 e. The normalized spacial score (nSPS) is 17.0. The van der Waals surface area contributed by atoms with Gasteiger partial charge in [-0.05, 0) is 36.8 Å². The van der Waals surface area contributed by atoms with Crippen molar-refractivity contribution in [2.75, 3.05) is 31.1 Å². The van der Waals surface area contributed by atoms with E-state index in [0.29, 0.717) is 55.1 Å². The Kier molecular flexibility index (Phi) is 7.04. The molecule has 176 valence electrons. The van der Waals surface area contributed by atoms with Crippen molar-refractivity contribution in [1.82, 2.24) is 14.5 Å². The number of nitrogens with zero attached hydrogens (tertiary/aromatic N) is 4. The summed E-state index contributed by atoms with van der Waals surface area (Å²) in [4.78, 5) is 21.6. The van der Waals surface area contributed by atoms with Gasteiger partial charge in [0.15, 0.2) is 0 Å². The maximum Gasteiger partial charge on any atom is 0.416 e. The van der Waals surface area contributed by atoms with Crippen LogP contribution in [0.25, 0.3) is 16.5 Å². The molecule has 10 heteroatoms. The van der Waals surface area contributed by atoms with Crippen molar-refractivity contribution in [2.45, 2.75) is 19.1 Å². The second-order valence-corrected chi connectivity index (χ2v) is 7.88. The number of fused-ring (bicyclic) bond motifs is 2. The molecule has 3 aromatic rings. The second kappa shape index (κ2) is 9.44. The summed E-state index contributed by atoms with van der Waals surface area (Å²) in [5.41, 5.74) is 1.67. The van der Waals surface area contributed by atoms with Crippen LogP contribution in [0.5, 0.6) is 0 Å². The summed E-state index contributed by atoms with van der Waals surface area (Å²) in [7, 11) is 0. The van der Waals surface area contributed by atoms with Crippen LogP contribution in [-0.4, -0.2) is 46.1 Å². The van der Waals surface area contributed by atoms with Gasteiger partial charge in [-0.1, -0.05) is 18.2 Å². The van der Waals surface area contributed by atoms with E-state index in [1.165, 1.54) is 12.1 Å². The van der Waals surface area contributed by atoms with Gasteiger partial charge in [0.05, 0.1) is 16.5 Å². The maximum absolute atomic E-state index is 13.0. The third-order valence-electron chi connectivity index (χ3n) is 5.94. The van der Waals surface area contributed by atoms with Crippen LogP contribution in [0.2, 0.25) is 0 Å². The highest BCUT2D eigenvalue weighted by Gasteiger charge is 2.31. The fourth-order valence-electron chi connectivity index (χ4n) is 4.30. The summed E-state index contributed by atoms with van der Waals surface area (Å²) in [5.74, 6) is 0.712. The molecule has 0 spiro atoms. The molecule has 0 radical (unpaired) electrons. The van der Waals surface area contributed by atoms with Crippen LogP contribution in [0.4, 0.5) is 18.9 Å². The largest absolute Gasteiger partial charge is 0.416 e. The van der Waals surface area contributed by atoms with Crippen LogP contribution in [0.3, 0.4) is 0 Å². The van der Waals surface area contributed by atoms with Gasteiger partial charge < -0.3 is 15.3 Å². The van der Waals surface area contributed by atoms with Crippen LogP contribution in [0.1, 0.15) is 17.8 Å². The Morgan fingerprint density at radius 2 is 1.67 bits per heavy atom. The molecule has 0 saturated carbocycles. The average Bonchev–Trinajstić information content (AvgIpc) is 3.17. The third kappa shape index (κ3) is 4.69. The summed E-state index contributed by atoms with van der Waals surface area (Å²) in [5, 5.41) is 0.627. The molecule has 1 aromatic heterocycles. The van der Waals surface area contributed by atoms with E-state index in [4.69, 9.17) is 4.98 Å². The van der Waals surface area contributed by atoms with Crippen LogP contribution in [0, 0.1) is 0 Å². The fraction of sp³-hybridized carbons (Fsp3) is 0.304. The number of anilines is 1. The summed E-state index contributed by atoms with van der Waals surface area (Å²) in [6.07, 6.45) is -1.54. The Hall–Kier alpha value is -3.04. The molecular weight excluding hydrogens is 457 g/mol. The number of piperazine rings is 1. The first-order valence-corrected chi connectivity index (χ1v) is 10.3. The van der Waals surface area contributed by atoms with Crippen molar-refractivity contribution in [3.63, 3.8) is 0 Å². The van der Waals surface area contributed by atoms with Crippen LogP contribution in [0.15, 0.2) is 59.5 Å². The number of para-hydroxylation sites is 1. The van der Waals surface area contributed by atoms with Gasteiger partial charge in [-0.2, -0.15) is 13.2 Å². The number of aromatic nitrogens is 2. The zero-order valence-corrected chi connectivity index (χ0v) is 18.5. The van der Waals surface area contributed by atoms with Gasteiger partial charge in [-0.25, -0.2) is 4.98 Å². The van der Waals surface area contributed by atoms with Crippen molar-refractivity contribution < 1.29 is 18.6 Å². The van der Waals surface area contributed by atoms with E-state index in [0.717, 1.165) is 18.1 Å². The lowest BCUT2D eigenvalue weighted by atomic mass is 10.1. The van der Waals surface area contributed by atoms with Crippen molar-refractivity contribution in [3.8, 4) is 0 Å². The average molecular weight is 481 g/mol.